The van der Waals surface area contributed by atoms with Gasteiger partial charge in [0, 0.05) is 45.7 Å². The summed E-state index contributed by atoms with van der Waals surface area (Å²) in [7, 11) is 3.01. The summed E-state index contributed by atoms with van der Waals surface area (Å²) >= 11 is 6.04. The molecule has 1 fully saturated rings. The summed E-state index contributed by atoms with van der Waals surface area (Å²) in [5.74, 6) is -7.90. The fourth-order valence-corrected chi connectivity index (χ4v) is 8.41. The van der Waals surface area contributed by atoms with Crippen LogP contribution in [0.3, 0.4) is 0 Å². The van der Waals surface area contributed by atoms with Crippen LogP contribution in [0.2, 0.25) is 5.02 Å². The number of Topliss-reactive ketones (excluding diaryl/α,β-unsaturated/α-hetero) is 2. The van der Waals surface area contributed by atoms with Crippen molar-refractivity contribution in [2.75, 3.05) is 39.0 Å². The molecule has 3 aliphatic carbocycles. The maximum atomic E-state index is 13.7. The van der Waals surface area contributed by atoms with Crippen molar-refractivity contribution in [1.29, 1.82) is 0 Å². The zero-order chi connectivity index (χ0) is 39.9. The van der Waals surface area contributed by atoms with Crippen molar-refractivity contribution in [2.24, 2.45) is 17.6 Å². The normalized spacial score (nSPS) is 25.6. The number of aromatic nitrogens is 1. The zero-order valence-electron chi connectivity index (χ0n) is 31.4. The fourth-order valence-electron chi connectivity index (χ4n) is 8.25. The molecule has 1 amide bonds. The van der Waals surface area contributed by atoms with Crippen LogP contribution in [0.4, 0.5) is 5.69 Å². The molecule has 0 aliphatic heterocycles. The molecule has 14 heteroatoms. The van der Waals surface area contributed by atoms with E-state index in [1.54, 1.807) is 0 Å². The van der Waals surface area contributed by atoms with Crippen molar-refractivity contribution in [2.45, 2.75) is 70.2 Å². The number of benzene rings is 2. The van der Waals surface area contributed by atoms with Gasteiger partial charge in [-0.25, -0.2) is 0 Å². The van der Waals surface area contributed by atoms with Gasteiger partial charge in [0.25, 0.3) is 5.91 Å². The molecule has 13 nitrogen and oxygen atoms in total. The van der Waals surface area contributed by atoms with Gasteiger partial charge in [-0.05, 0) is 103 Å². The Balaban J connectivity index is 0.000000223. The first kappa shape index (κ1) is 40.7. The number of phenols is 1. The lowest BCUT2D eigenvalue weighted by Crippen LogP contribution is -2.67. The van der Waals surface area contributed by atoms with Crippen molar-refractivity contribution in [3.8, 4) is 5.75 Å². The second-order valence-electron chi connectivity index (χ2n) is 14.7. The molecule has 1 saturated carbocycles. The summed E-state index contributed by atoms with van der Waals surface area (Å²) < 4.78 is 0. The summed E-state index contributed by atoms with van der Waals surface area (Å²) in [5.41, 5.74) is 1.53. The van der Waals surface area contributed by atoms with Crippen molar-refractivity contribution in [3.05, 3.63) is 81.7 Å². The lowest BCUT2D eigenvalue weighted by Gasteiger charge is -2.53. The molecule has 0 bridgehead atoms. The number of ketones is 2. The molecular formula is C40H50ClN5O8. The number of hydrogen-bond acceptors (Lipinski definition) is 12. The van der Waals surface area contributed by atoms with Crippen LogP contribution in [0.5, 0.6) is 5.75 Å². The first-order valence-electron chi connectivity index (χ1n) is 18.1. The molecule has 1 unspecified atom stereocenters. The molecule has 290 valence electrons. The standard InChI is InChI=1S/C22H24N2O8.C18H26ClN3/c1-21(31)8-5-4-6-11(25)12(8)16(26)13-9(21)7-10-15(24(2)3)17(27)14(20(23)30)19(29)22(10,32)18(13)28;1-4-22(5-2)12-6-7-14(3)21-17-10-11-20-18-13-15(19)8-9-16(17)18/h4-6,9-10,15,25-26,29,31-32H,7H2,1-3H3,(H2,23,30);8-11,13-14H,4-7,12H2,1-3H3,(H,20,21)/t9-,10-,15-,21+,22-;/m0./s1. The van der Waals surface area contributed by atoms with Gasteiger partial charge < -0.3 is 41.5 Å². The maximum absolute atomic E-state index is 13.7. The quantitative estimate of drug-likeness (QED) is 0.143. The van der Waals surface area contributed by atoms with Crippen LogP contribution >= 0.6 is 11.6 Å². The molecular weight excluding hydrogens is 714 g/mol. The molecule has 1 heterocycles. The molecule has 2 aromatic carbocycles. The van der Waals surface area contributed by atoms with Crippen molar-refractivity contribution in [3.63, 3.8) is 0 Å². The highest BCUT2D eigenvalue weighted by Crippen LogP contribution is 2.57. The monoisotopic (exact) mass is 763 g/mol. The number of nitrogens with two attached hydrogens (primary N) is 1. The SMILES string of the molecule is CCN(CC)CCCC(C)Nc1ccnc2cc(Cl)ccc12.CN(C)[C@@H]1C(=O)C(C(N)=O)=C(O)[C@@]2(O)C(=O)C3=C(O)c4c(O)cccc4[C@@](C)(O)[C@H]3C[C@@H]12. The van der Waals surface area contributed by atoms with Crippen molar-refractivity contribution < 1.29 is 39.9 Å². The molecule has 3 aliphatic rings. The number of aliphatic hydroxyl groups excluding tert-OH is 2. The lowest BCUT2D eigenvalue weighted by molar-refractivity contribution is -0.159. The van der Waals surface area contributed by atoms with Gasteiger partial charge in [-0.2, -0.15) is 0 Å². The molecule has 6 atom stereocenters. The van der Waals surface area contributed by atoms with E-state index in [2.05, 4.69) is 36.0 Å². The molecule has 54 heavy (non-hydrogen) atoms. The lowest BCUT2D eigenvalue weighted by atomic mass is 9.54. The molecule has 0 radical (unpaired) electrons. The van der Waals surface area contributed by atoms with Crippen LogP contribution < -0.4 is 11.1 Å². The summed E-state index contributed by atoms with van der Waals surface area (Å²) in [4.78, 5) is 46.8. The van der Waals surface area contributed by atoms with E-state index >= 15 is 0 Å². The van der Waals surface area contributed by atoms with Gasteiger partial charge in [0.15, 0.2) is 11.4 Å². The van der Waals surface area contributed by atoms with E-state index in [0.29, 0.717) is 6.04 Å². The largest absolute Gasteiger partial charge is 0.508 e. The Morgan fingerprint density at radius 2 is 1.78 bits per heavy atom. The number of amides is 1. The highest BCUT2D eigenvalue weighted by atomic mass is 35.5. The maximum Gasteiger partial charge on any atom is 0.255 e. The minimum atomic E-state index is -2.75. The first-order chi connectivity index (χ1) is 25.4. The van der Waals surface area contributed by atoms with E-state index in [9.17, 15) is 39.9 Å². The zero-order valence-corrected chi connectivity index (χ0v) is 32.2. The predicted molar refractivity (Wildman–Crippen MR) is 207 cm³/mol. The van der Waals surface area contributed by atoms with Crippen LogP contribution in [0.1, 0.15) is 58.1 Å². The van der Waals surface area contributed by atoms with E-state index in [-0.39, 0.29) is 17.5 Å². The van der Waals surface area contributed by atoms with Crippen LogP contribution in [-0.4, -0.2) is 109 Å². The number of phenolic OH excluding ortho intramolecular Hbond substituents is 1. The van der Waals surface area contributed by atoms with Crippen LogP contribution in [0, 0.1) is 11.8 Å². The second-order valence-corrected chi connectivity index (χ2v) is 15.1. The van der Waals surface area contributed by atoms with Crippen LogP contribution in [-0.2, 0) is 20.0 Å². The number of nitrogens with one attached hydrogen (secondary N) is 1. The number of nitrogens with zero attached hydrogens (tertiary/aromatic N) is 3. The van der Waals surface area contributed by atoms with Crippen LogP contribution in [0.25, 0.3) is 16.7 Å². The molecule has 3 aromatic rings. The Kier molecular flexibility index (Phi) is 11.8. The van der Waals surface area contributed by atoms with Crippen molar-refractivity contribution >= 4 is 51.4 Å². The Morgan fingerprint density at radius 3 is 2.41 bits per heavy atom. The number of halogens is 1. The van der Waals surface area contributed by atoms with Crippen LogP contribution in [0.15, 0.2) is 65.6 Å². The highest BCUT2D eigenvalue weighted by molar-refractivity contribution is 6.31. The minimum absolute atomic E-state index is 0.170. The fraction of sp³-hybridized carbons (Fsp3) is 0.450. The van der Waals surface area contributed by atoms with E-state index in [0.717, 1.165) is 41.1 Å². The molecule has 0 saturated heterocycles. The number of anilines is 1. The Morgan fingerprint density at radius 1 is 1.09 bits per heavy atom. The number of hydrogen-bond donors (Lipinski definition) is 7. The van der Waals surface area contributed by atoms with E-state index in [4.69, 9.17) is 17.3 Å². The number of aromatic hydroxyl groups is 1. The Labute approximate surface area is 319 Å². The Bertz CT molecular complexity index is 2030. The smallest absolute Gasteiger partial charge is 0.255 e. The average molecular weight is 764 g/mol. The number of aliphatic hydroxyl groups is 4. The van der Waals surface area contributed by atoms with Gasteiger partial charge in [-0.1, -0.05) is 37.6 Å². The number of carbonyl (C=O) groups is 3. The van der Waals surface area contributed by atoms with Gasteiger partial charge in [-0.15, -0.1) is 0 Å². The van der Waals surface area contributed by atoms with E-state index < -0.39 is 75.0 Å². The number of carbonyl (C=O) groups excluding carboxylic acids is 3. The third-order valence-corrected chi connectivity index (χ3v) is 11.4. The van der Waals surface area contributed by atoms with E-state index in [1.165, 1.54) is 57.1 Å². The summed E-state index contributed by atoms with van der Waals surface area (Å²) in [6, 6.07) is 11.4. The molecule has 8 N–H and O–H groups in total. The third kappa shape index (κ3) is 7.06. The van der Waals surface area contributed by atoms with Gasteiger partial charge in [0.1, 0.15) is 22.8 Å². The number of fused-ring (bicyclic) bond motifs is 4. The summed E-state index contributed by atoms with van der Waals surface area (Å²) in [6.45, 7) is 11.5. The minimum Gasteiger partial charge on any atom is -0.508 e. The molecule has 0 spiro atoms. The van der Waals surface area contributed by atoms with Gasteiger partial charge in [0.05, 0.1) is 22.7 Å². The van der Waals surface area contributed by atoms with E-state index in [1.807, 2.05) is 30.5 Å². The molecule has 1 aromatic heterocycles. The first-order valence-corrected chi connectivity index (χ1v) is 18.5. The topological polar surface area (TPSA) is 210 Å². The number of likely N-dealkylation sites (N-methyl/N-ethyl adjacent to an activating group) is 1. The van der Waals surface area contributed by atoms with Gasteiger partial charge in [0.2, 0.25) is 5.78 Å². The summed E-state index contributed by atoms with van der Waals surface area (Å²) in [6.07, 6.45) is 4.01. The predicted octanol–water partition coefficient (Wildman–Crippen LogP) is 4.44. The van der Waals surface area contributed by atoms with Gasteiger partial charge in [-0.3, -0.25) is 24.3 Å². The van der Waals surface area contributed by atoms with Gasteiger partial charge >= 0.3 is 0 Å². The number of primary amides is 1. The number of rotatable bonds is 10. The van der Waals surface area contributed by atoms with Crippen molar-refractivity contribution in [1.82, 2.24) is 14.8 Å². The highest BCUT2D eigenvalue weighted by Gasteiger charge is 2.66. The summed E-state index contributed by atoms with van der Waals surface area (Å²) in [5, 5.41) is 60.4. The second kappa shape index (κ2) is 15.7. The third-order valence-electron chi connectivity index (χ3n) is 11.1. The molecule has 6 rings (SSSR count). The number of pyridine rings is 1. The average Bonchev–Trinajstić information content (AvgIpc) is 3.10. The Hall–Kier alpha value is -4.53.